The zero-order chi connectivity index (χ0) is 19.0. The molecule has 136 valence electrons. The van der Waals surface area contributed by atoms with Crippen LogP contribution in [0.5, 0.6) is 0 Å². The average molecular weight is 350 g/mol. The number of hydrogen-bond acceptors (Lipinski definition) is 6. The van der Waals surface area contributed by atoms with Crippen molar-refractivity contribution in [2.75, 3.05) is 14.2 Å². The van der Waals surface area contributed by atoms with E-state index in [1.54, 1.807) is 24.3 Å². The average Bonchev–Trinajstić information content (AvgIpc) is 2.59. The summed E-state index contributed by atoms with van der Waals surface area (Å²) in [6.45, 7) is 1.44. The van der Waals surface area contributed by atoms with Crippen molar-refractivity contribution in [3.63, 3.8) is 0 Å². The maximum Gasteiger partial charge on any atom is 0.320 e. The zero-order valence-corrected chi connectivity index (χ0v) is 14.4. The molecule has 0 radical (unpaired) electrons. The largest absolute Gasteiger partial charge is 0.468 e. The molecule has 0 bridgehead atoms. The van der Waals surface area contributed by atoms with Gasteiger partial charge < -0.3 is 20.5 Å². The van der Waals surface area contributed by atoms with Gasteiger partial charge in [0.2, 0.25) is 11.8 Å². The van der Waals surface area contributed by atoms with Crippen LogP contribution in [0.1, 0.15) is 12.5 Å². The van der Waals surface area contributed by atoms with Crippen molar-refractivity contribution in [2.45, 2.75) is 19.4 Å². The highest BCUT2D eigenvalue weighted by atomic mass is 16.5. The maximum atomic E-state index is 12.2. The molecule has 0 aliphatic rings. The number of hydrogen-bond donors (Lipinski definition) is 2. The van der Waals surface area contributed by atoms with Gasteiger partial charge in [-0.05, 0) is 5.56 Å². The molecule has 0 heterocycles. The predicted molar refractivity (Wildman–Crippen MR) is 88.0 cm³/mol. The molecule has 0 aromatic heterocycles. The molecule has 0 spiro atoms. The van der Waals surface area contributed by atoms with Crippen LogP contribution < -0.4 is 11.1 Å². The van der Waals surface area contributed by atoms with Crippen molar-refractivity contribution in [3.8, 4) is 0 Å². The van der Waals surface area contributed by atoms with Gasteiger partial charge in [-0.25, -0.2) is 0 Å². The van der Waals surface area contributed by atoms with Crippen LogP contribution in [-0.4, -0.2) is 44.0 Å². The van der Waals surface area contributed by atoms with Crippen molar-refractivity contribution < 1.29 is 28.7 Å². The van der Waals surface area contributed by atoms with Crippen LogP contribution in [0.4, 0.5) is 0 Å². The summed E-state index contributed by atoms with van der Waals surface area (Å²) in [5.74, 6) is -5.41. The third-order valence-electron chi connectivity index (χ3n) is 3.79. The minimum Gasteiger partial charge on any atom is -0.468 e. The first-order chi connectivity index (χ1) is 11.8. The standard InChI is InChI=1S/C17H22N2O6/c1-10(13(16(22)24-2)17(23)25-3)14(15(18)21)19-12(20)9-11-7-5-4-6-8-11/h4-8,10,13-14H,9H2,1-3H3,(H2,18,21)(H,19,20)/t10-,14-/m0/s1. The number of nitrogens with two attached hydrogens (primary N) is 1. The summed E-state index contributed by atoms with van der Waals surface area (Å²) < 4.78 is 9.16. The SMILES string of the molecule is COC(=O)C(C(=O)OC)[C@H](C)[C@H](NC(=O)Cc1ccccc1)C(N)=O. The van der Waals surface area contributed by atoms with Gasteiger partial charge in [0.25, 0.3) is 0 Å². The molecule has 0 saturated carbocycles. The number of carbonyl (C=O) groups is 4. The Bertz CT molecular complexity index is 615. The van der Waals surface area contributed by atoms with Crippen LogP contribution in [0, 0.1) is 11.8 Å². The Hall–Kier alpha value is -2.90. The van der Waals surface area contributed by atoms with Crippen LogP contribution in [0.2, 0.25) is 0 Å². The minimum atomic E-state index is -1.38. The Balaban J connectivity index is 2.93. The van der Waals surface area contributed by atoms with Crippen LogP contribution >= 0.6 is 0 Å². The van der Waals surface area contributed by atoms with Crippen molar-refractivity contribution in [3.05, 3.63) is 35.9 Å². The van der Waals surface area contributed by atoms with E-state index in [4.69, 9.17) is 5.73 Å². The number of ether oxygens (including phenoxy) is 2. The molecule has 0 fully saturated rings. The van der Waals surface area contributed by atoms with E-state index in [-0.39, 0.29) is 6.42 Å². The first-order valence-corrected chi connectivity index (χ1v) is 7.60. The fourth-order valence-electron chi connectivity index (χ4n) is 2.44. The third-order valence-corrected chi connectivity index (χ3v) is 3.79. The molecular formula is C17H22N2O6. The molecule has 8 nitrogen and oxygen atoms in total. The third kappa shape index (κ3) is 5.59. The number of esters is 2. The number of primary amides is 1. The van der Waals surface area contributed by atoms with Gasteiger partial charge in [-0.3, -0.25) is 19.2 Å². The summed E-state index contributed by atoms with van der Waals surface area (Å²) >= 11 is 0. The zero-order valence-electron chi connectivity index (χ0n) is 14.4. The highest BCUT2D eigenvalue weighted by Gasteiger charge is 2.41. The van der Waals surface area contributed by atoms with E-state index in [9.17, 15) is 19.2 Å². The van der Waals surface area contributed by atoms with E-state index >= 15 is 0 Å². The Morgan fingerprint density at radius 3 is 2.00 bits per heavy atom. The van der Waals surface area contributed by atoms with E-state index in [1.165, 1.54) is 6.92 Å². The predicted octanol–water partition coefficient (Wildman–Crippen LogP) is -0.202. The summed E-state index contributed by atoms with van der Waals surface area (Å²) in [5, 5.41) is 2.47. The lowest BCUT2D eigenvalue weighted by Gasteiger charge is -2.26. The van der Waals surface area contributed by atoms with Gasteiger partial charge in [0, 0.05) is 5.92 Å². The smallest absolute Gasteiger partial charge is 0.320 e. The van der Waals surface area contributed by atoms with E-state index in [0.29, 0.717) is 0 Å². The summed E-state index contributed by atoms with van der Waals surface area (Å²) in [6.07, 6.45) is 0.0262. The van der Waals surface area contributed by atoms with Gasteiger partial charge in [-0.2, -0.15) is 0 Å². The van der Waals surface area contributed by atoms with Gasteiger partial charge in [0.15, 0.2) is 5.92 Å². The molecule has 1 rings (SSSR count). The lowest BCUT2D eigenvalue weighted by molar-refractivity contribution is -0.162. The normalized spacial score (nSPS) is 12.8. The minimum absolute atomic E-state index is 0.0262. The van der Waals surface area contributed by atoms with Crippen molar-refractivity contribution >= 4 is 23.8 Å². The molecule has 1 aromatic carbocycles. The van der Waals surface area contributed by atoms with Crippen LogP contribution in [-0.2, 0) is 35.1 Å². The van der Waals surface area contributed by atoms with Crippen molar-refractivity contribution in [1.82, 2.24) is 5.32 Å². The fraction of sp³-hybridized carbons (Fsp3) is 0.412. The molecule has 2 atom stereocenters. The molecular weight excluding hydrogens is 328 g/mol. The lowest BCUT2D eigenvalue weighted by atomic mass is 9.86. The number of amides is 2. The van der Waals surface area contributed by atoms with Gasteiger partial charge in [0.05, 0.1) is 20.6 Å². The summed E-state index contributed by atoms with van der Waals surface area (Å²) in [5.41, 5.74) is 6.09. The molecule has 0 saturated heterocycles. The summed E-state index contributed by atoms with van der Waals surface area (Å²) in [6, 6.07) is 7.65. The Morgan fingerprint density at radius 1 is 1.04 bits per heavy atom. The molecule has 3 N–H and O–H groups in total. The number of carbonyl (C=O) groups excluding carboxylic acids is 4. The van der Waals surface area contributed by atoms with E-state index < -0.39 is 41.6 Å². The molecule has 1 aromatic rings. The number of benzene rings is 1. The summed E-state index contributed by atoms with van der Waals surface area (Å²) in [7, 11) is 2.22. The second kappa shape index (κ2) is 9.41. The van der Waals surface area contributed by atoms with E-state index in [1.807, 2.05) is 6.07 Å². The Morgan fingerprint density at radius 2 is 1.56 bits per heavy atom. The number of methoxy groups -OCH3 is 2. The fourth-order valence-corrected chi connectivity index (χ4v) is 2.44. The van der Waals surface area contributed by atoms with Crippen LogP contribution in [0.15, 0.2) is 30.3 Å². The van der Waals surface area contributed by atoms with Gasteiger partial charge in [-0.15, -0.1) is 0 Å². The van der Waals surface area contributed by atoms with Gasteiger partial charge in [0.1, 0.15) is 6.04 Å². The van der Waals surface area contributed by atoms with Gasteiger partial charge >= 0.3 is 11.9 Å². The van der Waals surface area contributed by atoms with Crippen LogP contribution in [0.3, 0.4) is 0 Å². The quantitative estimate of drug-likeness (QED) is 0.494. The Kier molecular flexibility index (Phi) is 7.58. The molecule has 25 heavy (non-hydrogen) atoms. The molecule has 0 unspecified atom stereocenters. The van der Waals surface area contributed by atoms with E-state index in [0.717, 1.165) is 19.8 Å². The van der Waals surface area contributed by atoms with E-state index in [2.05, 4.69) is 14.8 Å². The molecule has 0 aliphatic heterocycles. The molecule has 8 heteroatoms. The Labute approximate surface area is 145 Å². The second-order valence-electron chi connectivity index (χ2n) is 5.49. The molecule has 2 amide bonds. The van der Waals surface area contributed by atoms with Crippen LogP contribution in [0.25, 0.3) is 0 Å². The topological polar surface area (TPSA) is 125 Å². The highest BCUT2D eigenvalue weighted by molar-refractivity contribution is 5.97. The second-order valence-corrected chi connectivity index (χ2v) is 5.49. The highest BCUT2D eigenvalue weighted by Crippen LogP contribution is 2.19. The number of nitrogens with one attached hydrogen (secondary N) is 1. The first kappa shape index (κ1) is 20.1. The van der Waals surface area contributed by atoms with Crippen molar-refractivity contribution in [2.24, 2.45) is 17.6 Å². The van der Waals surface area contributed by atoms with Crippen molar-refractivity contribution in [1.29, 1.82) is 0 Å². The van der Waals surface area contributed by atoms with Gasteiger partial charge in [-0.1, -0.05) is 37.3 Å². The summed E-state index contributed by atoms with van der Waals surface area (Å²) in [4.78, 5) is 47.7. The first-order valence-electron chi connectivity index (χ1n) is 7.60. The maximum absolute atomic E-state index is 12.2. The monoisotopic (exact) mass is 350 g/mol. The molecule has 0 aliphatic carbocycles. The number of rotatable bonds is 8. The lowest BCUT2D eigenvalue weighted by Crippen LogP contribution is -2.53.